The van der Waals surface area contributed by atoms with Crippen molar-refractivity contribution in [2.45, 2.75) is 32.7 Å². The minimum Gasteiger partial charge on any atom is -0.505 e. The Hall–Kier alpha value is -3.93. The summed E-state index contributed by atoms with van der Waals surface area (Å²) in [5.41, 5.74) is 0.582. The van der Waals surface area contributed by atoms with Crippen LogP contribution in [0.3, 0.4) is 0 Å². The Bertz CT molecular complexity index is 1310. The molecule has 1 atom stereocenters. The number of phenolic OH excluding ortho intramolecular Hbond substituents is 1. The van der Waals surface area contributed by atoms with Crippen molar-refractivity contribution in [3.8, 4) is 5.75 Å². The van der Waals surface area contributed by atoms with Crippen molar-refractivity contribution < 1.29 is 27.9 Å². The maximum Gasteiger partial charge on any atom is 0.354 e. The summed E-state index contributed by atoms with van der Waals surface area (Å²) in [5, 5.41) is 16.6. The molecule has 2 aliphatic rings. The Labute approximate surface area is 210 Å². The molecule has 0 saturated heterocycles. The van der Waals surface area contributed by atoms with E-state index in [9.17, 15) is 23.1 Å². The molecule has 2 heterocycles. The highest BCUT2D eigenvalue weighted by atomic mass is 32.2. The summed E-state index contributed by atoms with van der Waals surface area (Å²) in [6.07, 6.45) is 8.39. The Morgan fingerprint density at radius 3 is 2.67 bits per heavy atom. The number of ether oxygens (including phenoxy) is 1. The lowest BCUT2D eigenvalue weighted by Crippen LogP contribution is -2.35. The van der Waals surface area contributed by atoms with Gasteiger partial charge < -0.3 is 25.4 Å². The SMILES string of the molecule is CCOC(=O)C1=C(N[C@H](CC)C2=CCC=CC=N2)C(Nc2cccc(C(=O)N(C)C)c2O)=NS1(=O)=O. The van der Waals surface area contributed by atoms with Crippen LogP contribution in [-0.4, -0.2) is 69.1 Å². The molecule has 192 valence electrons. The van der Waals surface area contributed by atoms with E-state index in [1.165, 1.54) is 37.2 Å². The van der Waals surface area contributed by atoms with Crippen molar-refractivity contribution in [1.29, 1.82) is 0 Å². The average Bonchev–Trinajstić information content (AvgIpc) is 2.98. The number of nitrogens with one attached hydrogen (secondary N) is 2. The first kappa shape index (κ1) is 26.7. The predicted octanol–water partition coefficient (Wildman–Crippen LogP) is 2.31. The van der Waals surface area contributed by atoms with Gasteiger partial charge in [0, 0.05) is 20.3 Å². The lowest BCUT2D eigenvalue weighted by atomic mass is 10.1. The summed E-state index contributed by atoms with van der Waals surface area (Å²) in [6, 6.07) is 3.96. The fraction of sp³-hybridized carbons (Fsp3) is 0.333. The fourth-order valence-electron chi connectivity index (χ4n) is 3.56. The van der Waals surface area contributed by atoms with E-state index in [1.807, 2.05) is 19.1 Å². The Kier molecular flexibility index (Phi) is 8.30. The first-order chi connectivity index (χ1) is 17.1. The van der Waals surface area contributed by atoms with Gasteiger partial charge in [-0.25, -0.2) is 4.79 Å². The molecular weight excluding hydrogens is 486 g/mol. The molecule has 1 amide bonds. The van der Waals surface area contributed by atoms with E-state index >= 15 is 0 Å². The monoisotopic (exact) mass is 515 g/mol. The number of amidine groups is 1. The van der Waals surface area contributed by atoms with Crippen molar-refractivity contribution in [2.24, 2.45) is 9.39 Å². The Morgan fingerprint density at radius 2 is 2.00 bits per heavy atom. The van der Waals surface area contributed by atoms with E-state index in [0.29, 0.717) is 18.5 Å². The maximum atomic E-state index is 12.9. The molecule has 36 heavy (non-hydrogen) atoms. The third-order valence-electron chi connectivity index (χ3n) is 5.31. The number of hydrogen-bond acceptors (Lipinski definition) is 9. The second-order valence-corrected chi connectivity index (χ2v) is 9.58. The second-order valence-electron chi connectivity index (χ2n) is 8.04. The molecule has 0 aliphatic carbocycles. The van der Waals surface area contributed by atoms with Gasteiger partial charge in [-0.3, -0.25) is 9.79 Å². The third-order valence-corrected chi connectivity index (χ3v) is 6.62. The molecule has 0 saturated carbocycles. The number of sulfonamides is 1. The average molecular weight is 516 g/mol. The molecule has 3 rings (SSSR count). The fourth-order valence-corrected chi connectivity index (χ4v) is 4.71. The summed E-state index contributed by atoms with van der Waals surface area (Å²) in [7, 11) is -1.35. The van der Waals surface area contributed by atoms with Crippen LogP contribution in [0.15, 0.2) is 62.1 Å². The standard InChI is InChI=1S/C24H29N5O6S/c1-5-16(17-12-8-7-9-14-25-17)26-19-21(24(32)35-6-2)36(33,34)28-22(19)27-18-13-10-11-15(20(18)30)23(31)29(3)4/h7,9-14,16,26,30H,5-6,8H2,1-4H3,(H,27,28)/t16-/m1/s1. The molecular formula is C24H29N5O6S. The molecule has 11 nitrogen and oxygen atoms in total. The molecule has 0 spiro atoms. The van der Waals surface area contributed by atoms with Gasteiger partial charge in [-0.2, -0.15) is 8.42 Å². The number of nitrogens with zero attached hydrogens (tertiary/aromatic N) is 3. The van der Waals surface area contributed by atoms with Gasteiger partial charge in [0.1, 0.15) is 5.70 Å². The van der Waals surface area contributed by atoms with Crippen LogP contribution in [-0.2, 0) is 19.6 Å². The predicted molar refractivity (Wildman–Crippen MR) is 137 cm³/mol. The highest BCUT2D eigenvalue weighted by Gasteiger charge is 2.40. The first-order valence-electron chi connectivity index (χ1n) is 11.3. The number of rotatable bonds is 8. The lowest BCUT2D eigenvalue weighted by molar-refractivity contribution is -0.137. The van der Waals surface area contributed by atoms with Gasteiger partial charge in [-0.05, 0) is 38.0 Å². The molecule has 0 radical (unpaired) electrons. The number of carbonyl (C=O) groups excluding carboxylic acids is 2. The minimum atomic E-state index is -4.43. The van der Waals surface area contributed by atoms with Crippen molar-refractivity contribution in [1.82, 2.24) is 10.2 Å². The number of benzene rings is 1. The van der Waals surface area contributed by atoms with Crippen LogP contribution in [0.25, 0.3) is 0 Å². The molecule has 3 N–H and O–H groups in total. The minimum absolute atomic E-state index is 0.00689. The van der Waals surface area contributed by atoms with Crippen LogP contribution >= 0.6 is 0 Å². The summed E-state index contributed by atoms with van der Waals surface area (Å²) < 4.78 is 34.6. The first-order valence-corrected chi connectivity index (χ1v) is 12.8. The van der Waals surface area contributed by atoms with E-state index in [2.05, 4.69) is 20.0 Å². The number of para-hydroxylation sites is 1. The lowest BCUT2D eigenvalue weighted by Gasteiger charge is -2.22. The number of carbonyl (C=O) groups is 2. The van der Waals surface area contributed by atoms with Crippen molar-refractivity contribution in [3.05, 3.63) is 58.3 Å². The summed E-state index contributed by atoms with van der Waals surface area (Å²) in [4.78, 5) is 30.2. The number of aliphatic imine (C=N–C) groups is 1. The topological polar surface area (TPSA) is 150 Å². The molecule has 0 unspecified atom stereocenters. The summed E-state index contributed by atoms with van der Waals surface area (Å²) in [5.74, 6) is -2.13. The number of allylic oxidation sites excluding steroid dienone is 3. The molecule has 2 aliphatic heterocycles. The molecule has 0 bridgehead atoms. The number of aromatic hydroxyl groups is 1. The molecule has 1 aromatic carbocycles. The van der Waals surface area contributed by atoms with Gasteiger partial charge in [0.05, 0.1) is 29.6 Å². The van der Waals surface area contributed by atoms with Gasteiger partial charge in [-0.1, -0.05) is 25.1 Å². The number of amides is 1. The van der Waals surface area contributed by atoms with Crippen molar-refractivity contribution in [2.75, 3.05) is 26.0 Å². The Morgan fingerprint density at radius 1 is 1.25 bits per heavy atom. The second kappa shape index (κ2) is 11.2. The van der Waals surface area contributed by atoms with Gasteiger partial charge in [0.25, 0.3) is 15.9 Å². The van der Waals surface area contributed by atoms with Crippen LogP contribution in [0, 0.1) is 0 Å². The van der Waals surface area contributed by atoms with E-state index in [4.69, 9.17) is 4.74 Å². The van der Waals surface area contributed by atoms with Crippen LogP contribution < -0.4 is 10.6 Å². The number of phenols is 1. The van der Waals surface area contributed by atoms with Crippen molar-refractivity contribution in [3.63, 3.8) is 0 Å². The van der Waals surface area contributed by atoms with Gasteiger partial charge in [0.15, 0.2) is 11.6 Å². The summed E-state index contributed by atoms with van der Waals surface area (Å²) >= 11 is 0. The largest absolute Gasteiger partial charge is 0.505 e. The smallest absolute Gasteiger partial charge is 0.354 e. The highest BCUT2D eigenvalue weighted by molar-refractivity contribution is 7.95. The normalized spacial score (nSPS) is 17.1. The van der Waals surface area contributed by atoms with Crippen LogP contribution in [0.5, 0.6) is 5.75 Å². The molecule has 0 fully saturated rings. The van der Waals surface area contributed by atoms with E-state index < -0.39 is 38.6 Å². The van der Waals surface area contributed by atoms with E-state index in [0.717, 1.165) is 0 Å². The quantitative estimate of drug-likeness (QED) is 0.353. The number of anilines is 1. The number of hydrogen-bond donors (Lipinski definition) is 3. The molecule has 0 aromatic heterocycles. The zero-order valence-corrected chi connectivity index (χ0v) is 21.3. The van der Waals surface area contributed by atoms with Crippen molar-refractivity contribution >= 4 is 39.6 Å². The molecule has 12 heteroatoms. The zero-order chi connectivity index (χ0) is 26.5. The van der Waals surface area contributed by atoms with Gasteiger partial charge in [-0.15, -0.1) is 4.40 Å². The summed E-state index contributed by atoms with van der Waals surface area (Å²) in [6.45, 7) is 3.40. The molecule has 1 aromatic rings. The third kappa shape index (κ3) is 5.65. The zero-order valence-electron chi connectivity index (χ0n) is 20.5. The van der Waals surface area contributed by atoms with Crippen LogP contribution in [0.1, 0.15) is 37.0 Å². The number of esters is 1. The van der Waals surface area contributed by atoms with E-state index in [-0.39, 0.29) is 29.4 Å². The van der Waals surface area contributed by atoms with Gasteiger partial charge >= 0.3 is 5.97 Å². The van der Waals surface area contributed by atoms with Crippen LogP contribution in [0.2, 0.25) is 0 Å². The van der Waals surface area contributed by atoms with Crippen LogP contribution in [0.4, 0.5) is 5.69 Å². The highest BCUT2D eigenvalue weighted by Crippen LogP contribution is 2.32. The maximum absolute atomic E-state index is 12.9. The Balaban J connectivity index is 2.07. The van der Waals surface area contributed by atoms with E-state index in [1.54, 1.807) is 19.2 Å². The van der Waals surface area contributed by atoms with Gasteiger partial charge in [0.2, 0.25) is 4.91 Å².